The Labute approximate surface area is 130 Å². The third kappa shape index (κ3) is 30.2. The first kappa shape index (κ1) is 27.4. The highest BCUT2D eigenvalue weighted by molar-refractivity contribution is 5.17. The fraction of sp³-hybridized carbons (Fsp3) is 0.700. The van der Waals surface area contributed by atoms with E-state index in [0.29, 0.717) is 0 Å². The van der Waals surface area contributed by atoms with Gasteiger partial charge in [0.2, 0.25) is 0 Å². The van der Waals surface area contributed by atoms with Crippen LogP contribution in [0.25, 0.3) is 0 Å². The highest BCUT2D eigenvalue weighted by atomic mass is 14.0. The molecule has 0 fully saturated rings. The molecule has 0 aromatic carbocycles. The van der Waals surface area contributed by atoms with Gasteiger partial charge in [-0.3, -0.25) is 0 Å². The topological polar surface area (TPSA) is 0 Å². The lowest BCUT2D eigenvalue weighted by Gasteiger charge is -2.04. The first-order chi connectivity index (χ1) is 9.70. The van der Waals surface area contributed by atoms with Crippen LogP contribution in [0, 0.1) is 18.3 Å². The number of hydrogen-bond donors (Lipinski definition) is 0. The Morgan fingerprint density at radius 2 is 1.60 bits per heavy atom. The van der Waals surface area contributed by atoms with E-state index in [4.69, 9.17) is 6.42 Å². The molecule has 0 heteroatoms. The normalized spacial score (nSPS) is 10.9. The average Bonchev–Trinajstić information content (AvgIpc) is 2.53. The Balaban J connectivity index is -0.000000187. The molecule has 0 nitrogen and oxygen atoms in total. The van der Waals surface area contributed by atoms with Gasteiger partial charge in [0.25, 0.3) is 0 Å². The molecule has 0 radical (unpaired) electrons. The highest BCUT2D eigenvalue weighted by Crippen LogP contribution is 2.11. The molecule has 0 saturated heterocycles. The SMILES string of the molecule is C#CC/C=C\C(C)=CCCC(C)CC.CC.CC.CC. The monoisotopic (exact) mass is 280 g/mol. The summed E-state index contributed by atoms with van der Waals surface area (Å²) in [7, 11) is 0. The summed E-state index contributed by atoms with van der Waals surface area (Å²) < 4.78 is 0. The minimum Gasteiger partial charge on any atom is -0.120 e. The summed E-state index contributed by atoms with van der Waals surface area (Å²) in [6.07, 6.45) is 16.1. The van der Waals surface area contributed by atoms with Crippen molar-refractivity contribution in [3.63, 3.8) is 0 Å². The van der Waals surface area contributed by atoms with Crippen LogP contribution in [-0.4, -0.2) is 0 Å². The van der Waals surface area contributed by atoms with Crippen molar-refractivity contribution in [3.05, 3.63) is 23.8 Å². The Hall–Kier alpha value is -0.960. The van der Waals surface area contributed by atoms with E-state index in [1.54, 1.807) is 0 Å². The quantitative estimate of drug-likeness (QED) is 0.351. The van der Waals surface area contributed by atoms with Gasteiger partial charge in [-0.2, -0.15) is 0 Å². The molecule has 0 saturated carbocycles. The Morgan fingerprint density at radius 1 is 1.10 bits per heavy atom. The zero-order valence-electron chi connectivity index (χ0n) is 15.7. The molecule has 0 aliphatic rings. The molecule has 0 aromatic heterocycles. The fourth-order valence-electron chi connectivity index (χ4n) is 1.18. The van der Waals surface area contributed by atoms with Gasteiger partial charge in [-0.25, -0.2) is 0 Å². The number of rotatable bonds is 6. The van der Waals surface area contributed by atoms with Crippen LogP contribution in [0.1, 0.15) is 88.0 Å². The lowest BCUT2D eigenvalue weighted by Crippen LogP contribution is -1.89. The minimum atomic E-state index is 0.733. The van der Waals surface area contributed by atoms with Crippen LogP contribution in [0.3, 0.4) is 0 Å². The van der Waals surface area contributed by atoms with E-state index in [2.05, 4.69) is 38.8 Å². The van der Waals surface area contributed by atoms with Crippen molar-refractivity contribution in [2.24, 2.45) is 5.92 Å². The van der Waals surface area contributed by atoms with Crippen LogP contribution >= 0.6 is 0 Å². The standard InChI is InChI=1S/C14H22.3C2H6/c1-5-7-8-10-14(4)12-9-11-13(3)6-2;3*1-2/h1,8,10,12-13H,6-7,9,11H2,2-4H3;3*1-2H3/b10-8-,14-12?;;;. The van der Waals surface area contributed by atoms with Crippen molar-refractivity contribution in [3.8, 4) is 12.3 Å². The molecule has 1 unspecified atom stereocenters. The van der Waals surface area contributed by atoms with Crippen LogP contribution in [-0.2, 0) is 0 Å². The van der Waals surface area contributed by atoms with Crippen molar-refractivity contribution in [1.82, 2.24) is 0 Å². The lowest BCUT2D eigenvalue weighted by atomic mass is 10.0. The first-order valence-electron chi connectivity index (χ1n) is 8.47. The Morgan fingerprint density at radius 3 is 2.00 bits per heavy atom. The van der Waals surface area contributed by atoms with E-state index < -0.39 is 0 Å². The summed E-state index contributed by atoms with van der Waals surface area (Å²) in [5.41, 5.74) is 1.32. The number of allylic oxidation sites excluding steroid dienone is 4. The summed E-state index contributed by atoms with van der Waals surface area (Å²) in [5, 5.41) is 0. The molecule has 120 valence electrons. The smallest absolute Gasteiger partial charge is 0.0270 e. The van der Waals surface area contributed by atoms with Crippen molar-refractivity contribution in [1.29, 1.82) is 0 Å². The predicted molar refractivity (Wildman–Crippen MR) is 99.1 cm³/mol. The van der Waals surface area contributed by atoms with Crippen molar-refractivity contribution < 1.29 is 0 Å². The summed E-state index contributed by atoms with van der Waals surface area (Å²) >= 11 is 0. The highest BCUT2D eigenvalue weighted by Gasteiger charge is 1.95. The van der Waals surface area contributed by atoms with E-state index in [-0.39, 0.29) is 0 Å². The molecule has 0 heterocycles. The van der Waals surface area contributed by atoms with E-state index in [1.807, 2.05) is 47.6 Å². The average molecular weight is 281 g/mol. The molecule has 0 bridgehead atoms. The van der Waals surface area contributed by atoms with E-state index in [9.17, 15) is 0 Å². The van der Waals surface area contributed by atoms with Gasteiger partial charge in [0.15, 0.2) is 0 Å². The van der Waals surface area contributed by atoms with E-state index in [1.165, 1.54) is 24.8 Å². The zero-order valence-corrected chi connectivity index (χ0v) is 15.7. The molecule has 0 spiro atoms. The van der Waals surface area contributed by atoms with Gasteiger partial charge >= 0.3 is 0 Å². The van der Waals surface area contributed by atoms with Gasteiger partial charge in [-0.1, -0.05) is 85.6 Å². The van der Waals surface area contributed by atoms with Gasteiger partial charge in [-0.05, 0) is 25.7 Å². The Bertz CT molecular complexity index is 225. The molecule has 0 aliphatic heterocycles. The number of terminal acetylenes is 1. The van der Waals surface area contributed by atoms with Gasteiger partial charge in [0, 0.05) is 6.42 Å². The van der Waals surface area contributed by atoms with Crippen LogP contribution in [0.15, 0.2) is 23.8 Å². The van der Waals surface area contributed by atoms with Gasteiger partial charge in [0.1, 0.15) is 0 Å². The predicted octanol–water partition coefficient (Wildman–Crippen LogP) is 7.42. The maximum Gasteiger partial charge on any atom is 0.0270 e. The van der Waals surface area contributed by atoms with Gasteiger partial charge in [0.05, 0.1) is 0 Å². The van der Waals surface area contributed by atoms with E-state index >= 15 is 0 Å². The third-order valence-corrected chi connectivity index (χ3v) is 2.44. The summed E-state index contributed by atoms with van der Waals surface area (Å²) in [4.78, 5) is 0. The van der Waals surface area contributed by atoms with Crippen LogP contribution < -0.4 is 0 Å². The molecule has 1 atom stereocenters. The van der Waals surface area contributed by atoms with Crippen LogP contribution in [0.4, 0.5) is 0 Å². The summed E-state index contributed by atoms with van der Waals surface area (Å²) in [5.74, 6) is 3.43. The largest absolute Gasteiger partial charge is 0.120 e. The Kier molecular flexibility index (Phi) is 42.2. The maximum absolute atomic E-state index is 5.15. The molecule has 0 aliphatic carbocycles. The number of hydrogen-bond acceptors (Lipinski definition) is 0. The van der Waals surface area contributed by atoms with Crippen LogP contribution in [0.2, 0.25) is 0 Å². The molecule has 0 N–H and O–H groups in total. The van der Waals surface area contributed by atoms with E-state index in [0.717, 1.165) is 12.3 Å². The van der Waals surface area contributed by atoms with Crippen molar-refractivity contribution in [2.75, 3.05) is 0 Å². The molecular formula is C20H40. The van der Waals surface area contributed by atoms with Crippen LogP contribution in [0.5, 0.6) is 0 Å². The van der Waals surface area contributed by atoms with Crippen molar-refractivity contribution in [2.45, 2.75) is 88.0 Å². The van der Waals surface area contributed by atoms with Gasteiger partial charge < -0.3 is 0 Å². The summed E-state index contributed by atoms with van der Waals surface area (Å²) in [6.45, 7) is 18.7. The molecule has 0 rings (SSSR count). The second kappa shape index (κ2) is 30.8. The second-order valence-corrected chi connectivity index (χ2v) is 3.85. The maximum atomic E-state index is 5.15. The van der Waals surface area contributed by atoms with Crippen molar-refractivity contribution >= 4 is 0 Å². The molecule has 20 heavy (non-hydrogen) atoms. The molecule has 0 amide bonds. The van der Waals surface area contributed by atoms with Gasteiger partial charge in [-0.15, -0.1) is 12.3 Å². The second-order valence-electron chi connectivity index (χ2n) is 3.85. The minimum absolute atomic E-state index is 0.733. The zero-order chi connectivity index (χ0) is 16.8. The fourth-order valence-corrected chi connectivity index (χ4v) is 1.18. The summed E-state index contributed by atoms with van der Waals surface area (Å²) in [6, 6.07) is 0. The molecule has 0 aromatic rings. The molecular weight excluding hydrogens is 240 g/mol. The lowest BCUT2D eigenvalue weighted by molar-refractivity contribution is 0.521. The third-order valence-electron chi connectivity index (χ3n) is 2.44. The first-order valence-corrected chi connectivity index (χ1v) is 8.47.